The molecule has 5 nitrogen and oxygen atoms in total. The number of methoxy groups -OCH3 is 1. The molecular formula is C21H24N2O3S2. The Labute approximate surface area is 174 Å². The Balaban J connectivity index is 1.83. The number of rotatable bonds is 6. The molecule has 0 unspecified atom stereocenters. The van der Waals surface area contributed by atoms with Gasteiger partial charge >= 0.3 is 0 Å². The summed E-state index contributed by atoms with van der Waals surface area (Å²) in [4.78, 5) is 14.8. The van der Waals surface area contributed by atoms with Gasteiger partial charge in [-0.25, -0.2) is 0 Å². The van der Waals surface area contributed by atoms with Gasteiger partial charge in [0, 0.05) is 29.9 Å². The van der Waals surface area contributed by atoms with Crippen LogP contribution in [0, 0.1) is 0 Å². The van der Waals surface area contributed by atoms with Crippen LogP contribution in [0.1, 0.15) is 20.8 Å². The van der Waals surface area contributed by atoms with E-state index in [1.807, 2.05) is 43.3 Å². The number of furan rings is 1. The maximum Gasteiger partial charge on any atom is 0.237 e. The molecule has 28 heavy (non-hydrogen) atoms. The van der Waals surface area contributed by atoms with E-state index in [2.05, 4.69) is 24.1 Å². The number of para-hydroxylation sites is 1. The molecule has 0 bridgehead atoms. The number of thioether (sulfide) groups is 1. The molecule has 1 atom stereocenters. The lowest BCUT2D eigenvalue weighted by Gasteiger charge is -2.23. The third kappa shape index (κ3) is 4.10. The predicted octanol–water partition coefficient (Wildman–Crippen LogP) is 5.28. The van der Waals surface area contributed by atoms with Crippen molar-refractivity contribution in [2.45, 2.75) is 26.0 Å². The van der Waals surface area contributed by atoms with E-state index in [9.17, 15) is 4.79 Å². The molecule has 0 saturated carbocycles. The van der Waals surface area contributed by atoms with Crippen molar-refractivity contribution >= 4 is 61.8 Å². The molecule has 7 heteroatoms. The second-order valence-electron chi connectivity index (χ2n) is 6.33. The number of ether oxygens (including phenoxy) is 1. The SMILES string of the molecule is CCN(CC)C(=S)S[C@@H](C)C(=O)Nc1cc2oc3ccccc3c2cc1OC. The first-order valence-electron chi connectivity index (χ1n) is 9.24. The van der Waals surface area contributed by atoms with E-state index < -0.39 is 0 Å². The Bertz CT molecular complexity index is 1010. The van der Waals surface area contributed by atoms with E-state index in [0.717, 1.165) is 33.8 Å². The van der Waals surface area contributed by atoms with Crippen LogP contribution in [0.25, 0.3) is 21.9 Å². The number of fused-ring (bicyclic) bond motifs is 3. The molecule has 2 aromatic carbocycles. The first kappa shape index (κ1) is 20.5. The fourth-order valence-corrected chi connectivity index (χ4v) is 4.58. The van der Waals surface area contributed by atoms with E-state index in [1.165, 1.54) is 11.8 Å². The molecule has 148 valence electrons. The summed E-state index contributed by atoms with van der Waals surface area (Å²) in [5.41, 5.74) is 2.09. The van der Waals surface area contributed by atoms with E-state index in [4.69, 9.17) is 21.4 Å². The number of benzene rings is 2. The van der Waals surface area contributed by atoms with Crippen molar-refractivity contribution in [2.75, 3.05) is 25.5 Å². The number of nitrogens with one attached hydrogen (secondary N) is 1. The summed E-state index contributed by atoms with van der Waals surface area (Å²) < 4.78 is 12.2. The molecule has 1 heterocycles. The van der Waals surface area contributed by atoms with Crippen molar-refractivity contribution in [2.24, 2.45) is 0 Å². The van der Waals surface area contributed by atoms with Gasteiger partial charge in [0.2, 0.25) is 5.91 Å². The summed E-state index contributed by atoms with van der Waals surface area (Å²) in [7, 11) is 1.59. The highest BCUT2D eigenvalue weighted by Crippen LogP contribution is 2.36. The first-order valence-corrected chi connectivity index (χ1v) is 10.5. The minimum Gasteiger partial charge on any atom is -0.495 e. The van der Waals surface area contributed by atoms with Gasteiger partial charge in [-0.1, -0.05) is 42.2 Å². The lowest BCUT2D eigenvalue weighted by atomic mass is 10.1. The fraction of sp³-hybridized carbons (Fsp3) is 0.333. The van der Waals surface area contributed by atoms with Crippen LogP contribution in [0.4, 0.5) is 5.69 Å². The van der Waals surface area contributed by atoms with Crippen molar-refractivity contribution in [1.29, 1.82) is 0 Å². The van der Waals surface area contributed by atoms with Crippen molar-refractivity contribution in [3.8, 4) is 5.75 Å². The molecule has 0 aliphatic carbocycles. The average Bonchev–Trinajstić information content (AvgIpc) is 3.05. The molecule has 0 radical (unpaired) electrons. The summed E-state index contributed by atoms with van der Waals surface area (Å²) in [6, 6.07) is 11.5. The lowest BCUT2D eigenvalue weighted by molar-refractivity contribution is -0.115. The van der Waals surface area contributed by atoms with Crippen LogP contribution in [0.3, 0.4) is 0 Å². The molecule has 3 aromatic rings. The smallest absolute Gasteiger partial charge is 0.237 e. The second kappa shape index (κ2) is 8.84. The van der Waals surface area contributed by atoms with Gasteiger partial charge in [-0.3, -0.25) is 4.79 Å². The predicted molar refractivity (Wildman–Crippen MR) is 121 cm³/mol. The Morgan fingerprint density at radius 2 is 1.93 bits per heavy atom. The van der Waals surface area contributed by atoms with Gasteiger partial charge in [0.15, 0.2) is 0 Å². The zero-order chi connectivity index (χ0) is 20.3. The van der Waals surface area contributed by atoms with Crippen molar-refractivity contribution < 1.29 is 13.9 Å². The molecule has 3 rings (SSSR count). The number of anilines is 1. The second-order valence-corrected chi connectivity index (χ2v) is 8.31. The monoisotopic (exact) mass is 416 g/mol. The Morgan fingerprint density at radius 1 is 1.21 bits per heavy atom. The van der Waals surface area contributed by atoms with E-state index in [0.29, 0.717) is 17.0 Å². The third-order valence-electron chi connectivity index (χ3n) is 4.63. The first-order chi connectivity index (χ1) is 13.5. The molecule has 0 fully saturated rings. The van der Waals surface area contributed by atoms with E-state index in [1.54, 1.807) is 7.11 Å². The van der Waals surface area contributed by atoms with Crippen molar-refractivity contribution in [1.82, 2.24) is 4.90 Å². The number of thiocarbonyl (C=S) groups is 1. The highest BCUT2D eigenvalue weighted by molar-refractivity contribution is 8.23. The topological polar surface area (TPSA) is 54.7 Å². The van der Waals surface area contributed by atoms with Crippen molar-refractivity contribution in [3.63, 3.8) is 0 Å². The number of hydrogen-bond donors (Lipinski definition) is 1. The highest BCUT2D eigenvalue weighted by Gasteiger charge is 2.20. The molecule has 0 aliphatic rings. The largest absolute Gasteiger partial charge is 0.495 e. The van der Waals surface area contributed by atoms with Gasteiger partial charge in [-0.05, 0) is 32.9 Å². The average molecular weight is 417 g/mol. The van der Waals surface area contributed by atoms with Gasteiger partial charge in [-0.2, -0.15) is 0 Å². The maximum absolute atomic E-state index is 12.7. The normalized spacial score (nSPS) is 12.1. The standard InChI is InChI=1S/C21H24N2O3S2/c1-5-23(6-2)21(27)28-13(3)20(24)22-16-12-18-15(11-19(16)25-4)14-9-7-8-10-17(14)26-18/h7-13H,5-6H2,1-4H3,(H,22,24)/t13-/m0/s1. The van der Waals surface area contributed by atoms with Gasteiger partial charge in [-0.15, -0.1) is 0 Å². The molecule has 1 aromatic heterocycles. The third-order valence-corrected chi connectivity index (χ3v) is 6.20. The van der Waals surface area contributed by atoms with Crippen LogP contribution in [0.5, 0.6) is 5.75 Å². The zero-order valence-corrected chi connectivity index (χ0v) is 18.1. The van der Waals surface area contributed by atoms with Gasteiger partial charge in [0.1, 0.15) is 21.2 Å². The molecule has 0 aliphatic heterocycles. The summed E-state index contributed by atoms with van der Waals surface area (Å²) >= 11 is 6.84. The molecule has 1 amide bonds. The maximum atomic E-state index is 12.7. The van der Waals surface area contributed by atoms with Gasteiger partial charge in [0.05, 0.1) is 18.0 Å². The Hall–Kier alpha value is -2.25. The molecule has 0 spiro atoms. The van der Waals surface area contributed by atoms with E-state index >= 15 is 0 Å². The van der Waals surface area contributed by atoms with Crippen LogP contribution >= 0.6 is 24.0 Å². The zero-order valence-electron chi connectivity index (χ0n) is 16.4. The van der Waals surface area contributed by atoms with Gasteiger partial charge < -0.3 is 19.4 Å². The van der Waals surface area contributed by atoms with Crippen LogP contribution in [0.15, 0.2) is 40.8 Å². The molecule has 1 N–H and O–H groups in total. The van der Waals surface area contributed by atoms with Gasteiger partial charge in [0.25, 0.3) is 0 Å². The molecule has 0 saturated heterocycles. The Kier molecular flexibility index (Phi) is 6.46. The number of nitrogens with zero attached hydrogens (tertiary/aromatic N) is 1. The number of hydrogen-bond acceptors (Lipinski definition) is 5. The van der Waals surface area contributed by atoms with E-state index in [-0.39, 0.29) is 11.2 Å². The van der Waals surface area contributed by atoms with Crippen LogP contribution in [-0.4, -0.2) is 40.6 Å². The lowest BCUT2D eigenvalue weighted by Crippen LogP contribution is -2.31. The minimum atomic E-state index is -0.329. The number of carbonyl (C=O) groups excluding carboxylic acids is 1. The number of carbonyl (C=O) groups is 1. The van der Waals surface area contributed by atoms with Crippen molar-refractivity contribution in [3.05, 3.63) is 36.4 Å². The number of amides is 1. The van der Waals surface area contributed by atoms with Crippen LogP contribution in [-0.2, 0) is 4.79 Å². The summed E-state index contributed by atoms with van der Waals surface area (Å²) in [5.74, 6) is 0.462. The highest BCUT2D eigenvalue weighted by atomic mass is 32.2. The Morgan fingerprint density at radius 3 is 2.61 bits per heavy atom. The minimum absolute atomic E-state index is 0.131. The fourth-order valence-electron chi connectivity index (χ4n) is 3.01. The van der Waals surface area contributed by atoms with Crippen LogP contribution < -0.4 is 10.1 Å². The summed E-state index contributed by atoms with van der Waals surface area (Å²) in [5, 5.41) is 4.60. The van der Waals surface area contributed by atoms with Crippen LogP contribution in [0.2, 0.25) is 0 Å². The quantitative estimate of drug-likeness (QED) is 0.552. The summed E-state index contributed by atoms with van der Waals surface area (Å²) in [6.07, 6.45) is 0. The molecular weight excluding hydrogens is 392 g/mol. The summed E-state index contributed by atoms with van der Waals surface area (Å²) in [6.45, 7) is 7.60.